The van der Waals surface area contributed by atoms with Crippen LogP contribution >= 0.6 is 11.3 Å². The van der Waals surface area contributed by atoms with Crippen molar-refractivity contribution in [1.29, 1.82) is 0 Å². The van der Waals surface area contributed by atoms with Crippen molar-refractivity contribution in [2.75, 3.05) is 0 Å². The standard InChI is InChI=1S/C19H22N4O4S/c1-4-5-12(19(26)27)23-17(24)14-7-6-13(28-14)9(2)11-8-20-16-15(11)18(25)22-10(3)21-16/h6-9,12H,4-5H2,1-3H3,(H,23,24)(H,26,27)(H2,20,21,22,25). The molecule has 3 heterocycles. The number of aliphatic carboxylic acids is 1. The van der Waals surface area contributed by atoms with Crippen molar-refractivity contribution in [3.05, 3.63) is 49.8 Å². The van der Waals surface area contributed by atoms with Gasteiger partial charge in [-0.25, -0.2) is 9.78 Å². The quantitative estimate of drug-likeness (QED) is 0.483. The first-order valence-corrected chi connectivity index (χ1v) is 9.84. The van der Waals surface area contributed by atoms with Crippen LogP contribution in [-0.4, -0.2) is 38.0 Å². The zero-order valence-electron chi connectivity index (χ0n) is 15.8. The number of thiophene rings is 1. The second-order valence-electron chi connectivity index (χ2n) is 6.70. The van der Waals surface area contributed by atoms with Crippen LogP contribution in [0.4, 0.5) is 0 Å². The molecule has 0 saturated carbocycles. The van der Waals surface area contributed by atoms with Gasteiger partial charge in [0.25, 0.3) is 11.5 Å². The Bertz CT molecular complexity index is 1080. The first kappa shape index (κ1) is 19.8. The number of carboxylic acids is 1. The van der Waals surface area contributed by atoms with Crippen molar-refractivity contribution < 1.29 is 14.7 Å². The van der Waals surface area contributed by atoms with Crippen LogP contribution in [0.15, 0.2) is 23.1 Å². The molecule has 28 heavy (non-hydrogen) atoms. The molecule has 148 valence electrons. The number of nitrogens with one attached hydrogen (secondary N) is 3. The number of carboxylic acid groups (broad SMARTS) is 1. The third-order valence-electron chi connectivity index (χ3n) is 4.62. The van der Waals surface area contributed by atoms with Gasteiger partial charge >= 0.3 is 5.97 Å². The SMILES string of the molecule is CCCC(NC(=O)c1ccc(C(C)c2c[nH]c3nc(C)[nH]c(=O)c23)s1)C(=O)O. The van der Waals surface area contributed by atoms with Crippen LogP contribution in [0.1, 0.15) is 58.5 Å². The van der Waals surface area contributed by atoms with E-state index in [2.05, 4.69) is 20.3 Å². The van der Waals surface area contributed by atoms with Gasteiger partial charge in [-0.15, -0.1) is 11.3 Å². The number of hydrogen-bond acceptors (Lipinski definition) is 5. The van der Waals surface area contributed by atoms with Gasteiger partial charge in [0.15, 0.2) is 0 Å². The van der Waals surface area contributed by atoms with Crippen molar-refractivity contribution in [3.63, 3.8) is 0 Å². The molecule has 0 aliphatic heterocycles. The summed E-state index contributed by atoms with van der Waals surface area (Å²) in [5.41, 5.74) is 1.12. The maximum absolute atomic E-state index is 12.4. The van der Waals surface area contributed by atoms with Crippen molar-refractivity contribution in [2.45, 2.75) is 45.6 Å². The Morgan fingerprint density at radius 3 is 2.79 bits per heavy atom. The fraction of sp³-hybridized carbons (Fsp3) is 0.368. The highest BCUT2D eigenvalue weighted by molar-refractivity contribution is 7.14. The molecular weight excluding hydrogens is 380 g/mol. The van der Waals surface area contributed by atoms with E-state index in [0.717, 1.165) is 10.4 Å². The fourth-order valence-corrected chi connectivity index (χ4v) is 4.14. The highest BCUT2D eigenvalue weighted by Gasteiger charge is 2.23. The number of carbonyl (C=O) groups excluding carboxylic acids is 1. The summed E-state index contributed by atoms with van der Waals surface area (Å²) in [7, 11) is 0. The number of nitrogens with zero attached hydrogens (tertiary/aromatic N) is 1. The van der Waals surface area contributed by atoms with Gasteiger partial charge in [0.1, 0.15) is 17.5 Å². The number of amides is 1. The summed E-state index contributed by atoms with van der Waals surface area (Å²) in [6.07, 6.45) is 2.80. The fourth-order valence-electron chi connectivity index (χ4n) is 3.15. The van der Waals surface area contributed by atoms with Crippen LogP contribution in [0, 0.1) is 6.92 Å². The Morgan fingerprint density at radius 1 is 1.36 bits per heavy atom. The Labute approximate surface area is 165 Å². The first-order chi connectivity index (χ1) is 13.3. The van der Waals surface area contributed by atoms with Gasteiger partial charge in [-0.3, -0.25) is 9.59 Å². The van der Waals surface area contributed by atoms with Crippen LogP contribution < -0.4 is 10.9 Å². The lowest BCUT2D eigenvalue weighted by Gasteiger charge is -2.12. The molecule has 3 aromatic heterocycles. The van der Waals surface area contributed by atoms with E-state index >= 15 is 0 Å². The van der Waals surface area contributed by atoms with Gasteiger partial charge in [0.2, 0.25) is 0 Å². The number of aromatic nitrogens is 3. The number of hydrogen-bond donors (Lipinski definition) is 4. The summed E-state index contributed by atoms with van der Waals surface area (Å²) in [5.74, 6) is -1.04. The summed E-state index contributed by atoms with van der Waals surface area (Å²) < 4.78 is 0. The summed E-state index contributed by atoms with van der Waals surface area (Å²) in [6.45, 7) is 5.54. The van der Waals surface area contributed by atoms with Gasteiger partial charge in [-0.2, -0.15) is 0 Å². The Hall–Kier alpha value is -2.94. The molecule has 0 radical (unpaired) electrons. The minimum Gasteiger partial charge on any atom is -0.480 e. The van der Waals surface area contributed by atoms with Crippen LogP contribution in [-0.2, 0) is 4.79 Å². The van der Waals surface area contributed by atoms with Crippen molar-refractivity contribution in [2.24, 2.45) is 0 Å². The molecule has 2 atom stereocenters. The maximum atomic E-state index is 12.4. The topological polar surface area (TPSA) is 128 Å². The third kappa shape index (κ3) is 3.84. The molecule has 4 N–H and O–H groups in total. The van der Waals surface area contributed by atoms with Crippen LogP contribution in [0.5, 0.6) is 0 Å². The van der Waals surface area contributed by atoms with Gasteiger partial charge in [-0.1, -0.05) is 20.3 Å². The third-order valence-corrected chi connectivity index (χ3v) is 5.88. The highest BCUT2D eigenvalue weighted by Crippen LogP contribution is 2.32. The lowest BCUT2D eigenvalue weighted by Crippen LogP contribution is -2.40. The van der Waals surface area contributed by atoms with Gasteiger partial charge in [0.05, 0.1) is 10.3 Å². The number of carbonyl (C=O) groups is 2. The monoisotopic (exact) mass is 402 g/mol. The van der Waals surface area contributed by atoms with Gasteiger partial charge in [-0.05, 0) is 31.0 Å². The van der Waals surface area contributed by atoms with E-state index in [1.807, 2.05) is 19.9 Å². The number of H-pyrrole nitrogens is 2. The highest BCUT2D eigenvalue weighted by atomic mass is 32.1. The average Bonchev–Trinajstić information content (AvgIpc) is 3.27. The molecule has 0 aliphatic carbocycles. The Balaban J connectivity index is 1.85. The van der Waals surface area contributed by atoms with Gasteiger partial charge < -0.3 is 20.4 Å². The largest absolute Gasteiger partial charge is 0.480 e. The molecule has 2 unspecified atom stereocenters. The molecule has 0 fully saturated rings. The summed E-state index contributed by atoms with van der Waals surface area (Å²) in [5, 5.41) is 12.3. The van der Waals surface area contributed by atoms with Crippen molar-refractivity contribution >= 4 is 34.2 Å². The normalized spacial score (nSPS) is 13.4. The average molecular weight is 402 g/mol. The molecule has 1 amide bonds. The van der Waals surface area contributed by atoms with Crippen LogP contribution in [0.2, 0.25) is 0 Å². The molecule has 3 rings (SSSR count). The lowest BCUT2D eigenvalue weighted by atomic mass is 10.0. The molecule has 9 heteroatoms. The maximum Gasteiger partial charge on any atom is 0.326 e. The number of fused-ring (bicyclic) bond motifs is 1. The molecule has 0 aliphatic rings. The Morgan fingerprint density at radius 2 is 2.11 bits per heavy atom. The van der Waals surface area contributed by atoms with E-state index in [0.29, 0.717) is 34.6 Å². The molecule has 3 aromatic rings. The molecule has 0 saturated heterocycles. The van der Waals surface area contributed by atoms with Crippen molar-refractivity contribution in [3.8, 4) is 0 Å². The Kier molecular flexibility index (Phi) is 5.64. The van der Waals surface area contributed by atoms with Crippen LogP contribution in [0.25, 0.3) is 11.0 Å². The van der Waals surface area contributed by atoms with Crippen LogP contribution in [0.3, 0.4) is 0 Å². The molecule has 0 spiro atoms. The van der Waals surface area contributed by atoms with E-state index in [1.165, 1.54) is 11.3 Å². The van der Waals surface area contributed by atoms with E-state index in [-0.39, 0.29) is 11.5 Å². The second kappa shape index (κ2) is 7.97. The van der Waals surface area contributed by atoms with E-state index < -0.39 is 17.9 Å². The first-order valence-electron chi connectivity index (χ1n) is 9.03. The molecule has 0 bridgehead atoms. The summed E-state index contributed by atoms with van der Waals surface area (Å²) in [4.78, 5) is 47.4. The van der Waals surface area contributed by atoms with E-state index in [1.54, 1.807) is 19.2 Å². The number of rotatable bonds is 7. The van der Waals surface area contributed by atoms with Gasteiger partial charge in [0, 0.05) is 17.0 Å². The number of aromatic amines is 2. The van der Waals surface area contributed by atoms with Crippen molar-refractivity contribution in [1.82, 2.24) is 20.3 Å². The second-order valence-corrected chi connectivity index (χ2v) is 7.81. The van der Waals surface area contributed by atoms with E-state index in [4.69, 9.17) is 0 Å². The zero-order valence-corrected chi connectivity index (χ0v) is 16.6. The smallest absolute Gasteiger partial charge is 0.326 e. The zero-order chi connectivity index (χ0) is 20.4. The summed E-state index contributed by atoms with van der Waals surface area (Å²) in [6, 6.07) is 2.61. The predicted molar refractivity (Wildman–Crippen MR) is 107 cm³/mol. The lowest BCUT2D eigenvalue weighted by molar-refractivity contribution is -0.139. The van der Waals surface area contributed by atoms with E-state index in [9.17, 15) is 19.5 Å². The molecule has 0 aromatic carbocycles. The minimum atomic E-state index is -1.04. The number of aryl methyl sites for hydroxylation is 1. The predicted octanol–water partition coefficient (Wildman–Crippen LogP) is 2.76. The molecular formula is C19H22N4O4S. The summed E-state index contributed by atoms with van der Waals surface area (Å²) >= 11 is 1.29. The minimum absolute atomic E-state index is 0.128. The molecule has 8 nitrogen and oxygen atoms in total.